The smallest absolute Gasteiger partial charge is 0.270 e. The Labute approximate surface area is 193 Å². The molecule has 2 aliphatic rings. The van der Waals surface area contributed by atoms with Crippen molar-refractivity contribution in [3.05, 3.63) is 58.8 Å². The second-order valence-electron chi connectivity index (χ2n) is 9.02. The Hall–Kier alpha value is -3.26. The number of morpholine rings is 1. The van der Waals surface area contributed by atoms with Crippen molar-refractivity contribution in [3.63, 3.8) is 0 Å². The molecule has 0 unspecified atom stereocenters. The second-order valence-corrected chi connectivity index (χ2v) is 9.02. The number of fused-ring (bicyclic) bond motifs is 1. The van der Waals surface area contributed by atoms with Gasteiger partial charge in [0.15, 0.2) is 0 Å². The number of likely N-dealkylation sites (tertiary alicyclic amines) is 1. The summed E-state index contributed by atoms with van der Waals surface area (Å²) in [5, 5.41) is 1.08. The van der Waals surface area contributed by atoms with Gasteiger partial charge in [-0.3, -0.25) is 9.59 Å². The van der Waals surface area contributed by atoms with Gasteiger partial charge in [0.25, 0.3) is 11.8 Å². The number of aromatic nitrogens is 3. The lowest BCUT2D eigenvalue weighted by molar-refractivity contribution is 0.0301. The molecule has 2 aliphatic heterocycles. The quantitative estimate of drug-likeness (QED) is 0.617. The highest BCUT2D eigenvalue weighted by Gasteiger charge is 2.32. The number of rotatable bonds is 3. The zero-order valence-electron chi connectivity index (χ0n) is 19.4. The van der Waals surface area contributed by atoms with Crippen molar-refractivity contribution in [2.24, 2.45) is 7.05 Å². The third-order valence-electron chi connectivity index (χ3n) is 6.78. The van der Waals surface area contributed by atoms with Crippen LogP contribution in [0.25, 0.3) is 10.9 Å². The van der Waals surface area contributed by atoms with Crippen LogP contribution in [0.3, 0.4) is 0 Å². The minimum Gasteiger partial charge on any atom is -0.378 e. The molecular formula is C25H29N5O3. The predicted molar refractivity (Wildman–Crippen MR) is 124 cm³/mol. The Kier molecular flexibility index (Phi) is 5.62. The average Bonchev–Trinajstić information content (AvgIpc) is 3.44. The summed E-state index contributed by atoms with van der Waals surface area (Å²) in [6.45, 7) is 7.46. The van der Waals surface area contributed by atoms with Crippen LogP contribution in [0.4, 0.5) is 0 Å². The van der Waals surface area contributed by atoms with Crippen LogP contribution in [-0.2, 0) is 11.8 Å². The Morgan fingerprint density at radius 3 is 2.58 bits per heavy atom. The molecule has 0 spiro atoms. The molecule has 1 aromatic carbocycles. The van der Waals surface area contributed by atoms with Gasteiger partial charge in [-0.1, -0.05) is 11.6 Å². The molecule has 8 nitrogen and oxygen atoms in total. The number of nitrogens with zero attached hydrogens (tertiary/aromatic N) is 5. The topological polar surface area (TPSA) is 80.6 Å². The molecule has 0 radical (unpaired) electrons. The van der Waals surface area contributed by atoms with Gasteiger partial charge in [-0.25, -0.2) is 9.97 Å². The molecule has 1 atom stereocenters. The normalized spacial score (nSPS) is 18.8. The standard InChI is InChI=1S/C25H29N5O3/c1-16-4-5-21-19(12-16)13-22(28(21)3)25(32)30-7-6-18(15-30)23-26-14-20(17(2)27-23)24(31)29-8-10-33-11-9-29/h4-5,12-14,18H,6-11,15H2,1-3H3/t18-/m1/s1. The van der Waals surface area contributed by atoms with Crippen LogP contribution >= 0.6 is 0 Å². The lowest BCUT2D eigenvalue weighted by Crippen LogP contribution is -2.41. The summed E-state index contributed by atoms with van der Waals surface area (Å²) in [4.78, 5) is 39.0. The number of carbonyl (C=O) groups is 2. The number of carbonyl (C=O) groups excluding carboxylic acids is 2. The van der Waals surface area contributed by atoms with Crippen LogP contribution in [0.15, 0.2) is 30.5 Å². The number of hydrogen-bond acceptors (Lipinski definition) is 5. The molecule has 4 heterocycles. The lowest BCUT2D eigenvalue weighted by atomic mass is 10.1. The zero-order chi connectivity index (χ0) is 23.1. The van der Waals surface area contributed by atoms with E-state index in [4.69, 9.17) is 4.74 Å². The van der Waals surface area contributed by atoms with E-state index in [0.29, 0.717) is 62.2 Å². The maximum absolute atomic E-state index is 13.3. The molecule has 33 heavy (non-hydrogen) atoms. The Bertz CT molecular complexity index is 1230. The van der Waals surface area contributed by atoms with E-state index in [1.807, 2.05) is 29.5 Å². The summed E-state index contributed by atoms with van der Waals surface area (Å²) in [6.07, 6.45) is 2.46. The average molecular weight is 448 g/mol. The van der Waals surface area contributed by atoms with E-state index in [-0.39, 0.29) is 17.7 Å². The van der Waals surface area contributed by atoms with E-state index >= 15 is 0 Å². The number of amides is 2. The molecule has 0 bridgehead atoms. The predicted octanol–water partition coefficient (Wildman–Crippen LogP) is 2.69. The third-order valence-corrected chi connectivity index (χ3v) is 6.78. The molecule has 2 saturated heterocycles. The maximum atomic E-state index is 13.3. The molecule has 2 amide bonds. The fourth-order valence-corrected chi connectivity index (χ4v) is 4.82. The molecule has 5 rings (SSSR count). The van der Waals surface area contributed by atoms with Crippen LogP contribution in [0.1, 0.15) is 50.3 Å². The second kappa shape index (κ2) is 8.59. The maximum Gasteiger partial charge on any atom is 0.270 e. The Balaban J connectivity index is 1.31. The third kappa shape index (κ3) is 3.99. The number of benzene rings is 1. The zero-order valence-corrected chi connectivity index (χ0v) is 19.4. The van der Waals surface area contributed by atoms with Gasteiger partial charge in [0, 0.05) is 56.2 Å². The molecular weight excluding hydrogens is 418 g/mol. The molecule has 3 aromatic rings. The van der Waals surface area contributed by atoms with Crippen LogP contribution in [0.5, 0.6) is 0 Å². The summed E-state index contributed by atoms with van der Waals surface area (Å²) >= 11 is 0. The molecule has 2 aromatic heterocycles. The van der Waals surface area contributed by atoms with Crippen molar-refractivity contribution in [1.29, 1.82) is 0 Å². The first kappa shape index (κ1) is 21.6. The van der Waals surface area contributed by atoms with Gasteiger partial charge in [-0.05, 0) is 38.5 Å². The molecule has 0 aliphatic carbocycles. The molecule has 0 N–H and O–H groups in total. The van der Waals surface area contributed by atoms with Gasteiger partial charge >= 0.3 is 0 Å². The summed E-state index contributed by atoms with van der Waals surface area (Å²) < 4.78 is 7.30. The first-order valence-corrected chi connectivity index (χ1v) is 11.5. The molecule has 0 saturated carbocycles. The van der Waals surface area contributed by atoms with Crippen molar-refractivity contribution >= 4 is 22.7 Å². The summed E-state index contributed by atoms with van der Waals surface area (Å²) in [5.74, 6) is 0.757. The van der Waals surface area contributed by atoms with Crippen LogP contribution in [-0.4, -0.2) is 75.5 Å². The fraction of sp³-hybridized carbons (Fsp3) is 0.440. The van der Waals surface area contributed by atoms with Crippen LogP contribution < -0.4 is 0 Å². The summed E-state index contributed by atoms with van der Waals surface area (Å²) in [5.41, 5.74) is 4.15. The largest absolute Gasteiger partial charge is 0.378 e. The minimum atomic E-state index is -0.0448. The van der Waals surface area contributed by atoms with E-state index in [1.165, 1.54) is 5.56 Å². The highest BCUT2D eigenvalue weighted by molar-refractivity contribution is 5.99. The van der Waals surface area contributed by atoms with E-state index in [9.17, 15) is 9.59 Å². The lowest BCUT2D eigenvalue weighted by Gasteiger charge is -2.27. The monoisotopic (exact) mass is 447 g/mol. The molecule has 8 heteroatoms. The fourth-order valence-electron chi connectivity index (χ4n) is 4.82. The van der Waals surface area contributed by atoms with E-state index in [1.54, 1.807) is 11.1 Å². The number of ether oxygens (including phenoxy) is 1. The van der Waals surface area contributed by atoms with Crippen molar-refractivity contribution in [2.45, 2.75) is 26.2 Å². The van der Waals surface area contributed by atoms with Gasteiger partial charge in [0.1, 0.15) is 11.5 Å². The highest BCUT2D eigenvalue weighted by atomic mass is 16.5. The van der Waals surface area contributed by atoms with Gasteiger partial charge in [0.05, 0.1) is 24.5 Å². The highest BCUT2D eigenvalue weighted by Crippen LogP contribution is 2.28. The molecule has 2 fully saturated rings. The van der Waals surface area contributed by atoms with Crippen molar-refractivity contribution < 1.29 is 14.3 Å². The van der Waals surface area contributed by atoms with Crippen molar-refractivity contribution in [3.8, 4) is 0 Å². The van der Waals surface area contributed by atoms with E-state index < -0.39 is 0 Å². The Morgan fingerprint density at radius 1 is 1.03 bits per heavy atom. The first-order valence-electron chi connectivity index (χ1n) is 11.5. The molecule has 172 valence electrons. The van der Waals surface area contributed by atoms with Crippen LogP contribution in [0, 0.1) is 13.8 Å². The summed E-state index contributed by atoms with van der Waals surface area (Å²) in [6, 6.07) is 8.21. The SMILES string of the molecule is Cc1ccc2c(c1)cc(C(=O)N1CC[C@@H](c3ncc(C(=O)N4CCOCC4)c(C)n3)C1)n2C. The number of aryl methyl sites for hydroxylation is 3. The van der Waals surface area contributed by atoms with Crippen LogP contribution in [0.2, 0.25) is 0 Å². The first-order chi connectivity index (χ1) is 15.9. The minimum absolute atomic E-state index is 0.0321. The van der Waals surface area contributed by atoms with Gasteiger partial charge < -0.3 is 19.1 Å². The Morgan fingerprint density at radius 2 is 1.82 bits per heavy atom. The summed E-state index contributed by atoms with van der Waals surface area (Å²) in [7, 11) is 1.94. The van der Waals surface area contributed by atoms with E-state index in [2.05, 4.69) is 35.1 Å². The van der Waals surface area contributed by atoms with Gasteiger partial charge in [-0.2, -0.15) is 0 Å². The van der Waals surface area contributed by atoms with Crippen molar-refractivity contribution in [1.82, 2.24) is 24.3 Å². The van der Waals surface area contributed by atoms with Gasteiger partial charge in [0.2, 0.25) is 0 Å². The van der Waals surface area contributed by atoms with Gasteiger partial charge in [-0.15, -0.1) is 0 Å². The number of hydrogen-bond donors (Lipinski definition) is 0. The van der Waals surface area contributed by atoms with Crippen molar-refractivity contribution in [2.75, 3.05) is 39.4 Å². The van der Waals surface area contributed by atoms with E-state index in [0.717, 1.165) is 17.3 Å².